The fourth-order valence-electron chi connectivity index (χ4n) is 2.45. The molecule has 1 fully saturated rings. The molecule has 0 saturated carbocycles. The van der Waals surface area contributed by atoms with E-state index < -0.39 is 0 Å². The Morgan fingerprint density at radius 1 is 1.42 bits per heavy atom. The number of amides is 1. The van der Waals surface area contributed by atoms with Crippen molar-refractivity contribution in [2.75, 3.05) is 25.0 Å². The normalized spacial score (nSPS) is 23.0. The minimum absolute atomic E-state index is 0.0172. The third-order valence-electron chi connectivity index (χ3n) is 3.71. The summed E-state index contributed by atoms with van der Waals surface area (Å²) < 4.78 is 0. The Labute approximate surface area is 114 Å². The predicted octanol–water partition coefficient (Wildman–Crippen LogP) is 2.08. The Kier molecular flexibility index (Phi) is 4.18. The lowest BCUT2D eigenvalue weighted by Gasteiger charge is -2.15. The van der Waals surface area contributed by atoms with E-state index in [0.717, 1.165) is 13.1 Å². The number of nitriles is 1. The van der Waals surface area contributed by atoms with E-state index in [1.807, 2.05) is 0 Å². The van der Waals surface area contributed by atoms with Crippen molar-refractivity contribution in [3.05, 3.63) is 29.8 Å². The molecule has 0 bridgehead atoms. The van der Waals surface area contributed by atoms with Crippen LogP contribution in [0.5, 0.6) is 0 Å². The van der Waals surface area contributed by atoms with Crippen LogP contribution >= 0.6 is 0 Å². The van der Waals surface area contributed by atoms with Gasteiger partial charge in [0.2, 0.25) is 5.91 Å². The van der Waals surface area contributed by atoms with Crippen LogP contribution in [0.25, 0.3) is 0 Å². The maximum absolute atomic E-state index is 11.9. The van der Waals surface area contributed by atoms with Gasteiger partial charge in [-0.3, -0.25) is 9.69 Å². The second kappa shape index (κ2) is 5.85. The van der Waals surface area contributed by atoms with Gasteiger partial charge in [-0.15, -0.1) is 0 Å². The van der Waals surface area contributed by atoms with Gasteiger partial charge in [0, 0.05) is 18.8 Å². The summed E-state index contributed by atoms with van der Waals surface area (Å²) in [5.74, 6) is 1.28. The molecule has 1 N–H and O–H groups in total. The highest BCUT2D eigenvalue weighted by atomic mass is 16.2. The fourth-order valence-corrected chi connectivity index (χ4v) is 2.45. The zero-order valence-corrected chi connectivity index (χ0v) is 11.4. The van der Waals surface area contributed by atoms with Gasteiger partial charge in [-0.1, -0.05) is 19.9 Å². The fraction of sp³-hybridized carbons (Fsp3) is 0.467. The second-order valence-corrected chi connectivity index (χ2v) is 5.39. The molecule has 1 saturated heterocycles. The highest BCUT2D eigenvalue weighted by molar-refractivity contribution is 5.92. The number of hydrogen-bond acceptors (Lipinski definition) is 3. The van der Waals surface area contributed by atoms with Crippen LogP contribution in [-0.2, 0) is 4.79 Å². The van der Waals surface area contributed by atoms with Gasteiger partial charge in [0.25, 0.3) is 0 Å². The first-order valence-corrected chi connectivity index (χ1v) is 6.61. The highest BCUT2D eigenvalue weighted by Crippen LogP contribution is 2.21. The lowest BCUT2D eigenvalue weighted by atomic mass is 10.0. The van der Waals surface area contributed by atoms with Gasteiger partial charge in [0.1, 0.15) is 0 Å². The van der Waals surface area contributed by atoms with Crippen LogP contribution in [-0.4, -0.2) is 30.4 Å². The first-order chi connectivity index (χ1) is 9.08. The van der Waals surface area contributed by atoms with E-state index in [2.05, 4.69) is 30.1 Å². The van der Waals surface area contributed by atoms with Crippen molar-refractivity contribution >= 4 is 11.6 Å². The molecule has 2 rings (SSSR count). The van der Waals surface area contributed by atoms with Gasteiger partial charge in [-0.05, 0) is 30.0 Å². The second-order valence-electron chi connectivity index (χ2n) is 5.39. The number of anilines is 1. The average Bonchev–Trinajstić information content (AvgIpc) is 2.68. The summed E-state index contributed by atoms with van der Waals surface area (Å²) in [6.07, 6.45) is 0. The molecule has 4 nitrogen and oxygen atoms in total. The van der Waals surface area contributed by atoms with Crippen molar-refractivity contribution in [1.29, 1.82) is 5.26 Å². The van der Waals surface area contributed by atoms with Crippen molar-refractivity contribution < 1.29 is 4.79 Å². The van der Waals surface area contributed by atoms with Gasteiger partial charge in [-0.2, -0.15) is 5.26 Å². The summed E-state index contributed by atoms with van der Waals surface area (Å²) in [5, 5.41) is 11.7. The van der Waals surface area contributed by atoms with Gasteiger partial charge < -0.3 is 5.32 Å². The molecule has 1 amide bonds. The molecule has 0 aliphatic carbocycles. The van der Waals surface area contributed by atoms with Crippen LogP contribution in [0.2, 0.25) is 0 Å². The highest BCUT2D eigenvalue weighted by Gasteiger charge is 2.27. The predicted molar refractivity (Wildman–Crippen MR) is 74.6 cm³/mol. The number of rotatable bonds is 3. The summed E-state index contributed by atoms with van der Waals surface area (Å²) >= 11 is 0. The van der Waals surface area contributed by atoms with Crippen molar-refractivity contribution in [1.82, 2.24) is 4.90 Å². The number of hydrogen-bond donors (Lipinski definition) is 1. The molecule has 2 unspecified atom stereocenters. The number of benzene rings is 1. The molecule has 1 aromatic carbocycles. The smallest absolute Gasteiger partial charge is 0.238 e. The van der Waals surface area contributed by atoms with Gasteiger partial charge in [-0.25, -0.2) is 0 Å². The number of carbonyl (C=O) groups excluding carboxylic acids is 1. The summed E-state index contributed by atoms with van der Waals surface area (Å²) in [4.78, 5) is 14.1. The van der Waals surface area contributed by atoms with E-state index >= 15 is 0 Å². The molecule has 1 aromatic rings. The quantitative estimate of drug-likeness (QED) is 0.902. The van der Waals surface area contributed by atoms with Crippen LogP contribution in [0.1, 0.15) is 19.4 Å². The van der Waals surface area contributed by atoms with E-state index in [9.17, 15) is 4.79 Å². The Balaban J connectivity index is 1.89. The molecule has 0 aromatic heterocycles. The largest absolute Gasteiger partial charge is 0.325 e. The van der Waals surface area contributed by atoms with Crippen molar-refractivity contribution in [2.24, 2.45) is 11.8 Å². The zero-order valence-electron chi connectivity index (χ0n) is 11.4. The molecule has 1 aliphatic rings. The number of nitrogens with one attached hydrogen (secondary N) is 1. The molecule has 0 radical (unpaired) electrons. The average molecular weight is 257 g/mol. The topological polar surface area (TPSA) is 56.1 Å². The first kappa shape index (κ1) is 13.6. The van der Waals surface area contributed by atoms with E-state index in [4.69, 9.17) is 5.26 Å². The Bertz CT molecular complexity index is 496. The third-order valence-corrected chi connectivity index (χ3v) is 3.71. The summed E-state index contributed by atoms with van der Waals surface area (Å²) in [7, 11) is 0. The SMILES string of the molecule is CC1CN(CC(=O)Nc2cccc(C#N)c2)CC1C. The molecule has 100 valence electrons. The Morgan fingerprint density at radius 2 is 2.11 bits per heavy atom. The van der Waals surface area contributed by atoms with E-state index in [1.165, 1.54) is 0 Å². The van der Waals surface area contributed by atoms with Crippen LogP contribution in [0.4, 0.5) is 5.69 Å². The Morgan fingerprint density at radius 3 is 2.74 bits per heavy atom. The van der Waals surface area contributed by atoms with Crippen LogP contribution < -0.4 is 5.32 Å². The molecule has 19 heavy (non-hydrogen) atoms. The van der Waals surface area contributed by atoms with Crippen LogP contribution in [0.3, 0.4) is 0 Å². The summed E-state index contributed by atoms with van der Waals surface area (Å²) in [6.45, 7) is 6.82. The molecule has 4 heteroatoms. The maximum atomic E-state index is 11.9. The van der Waals surface area contributed by atoms with Crippen LogP contribution in [0.15, 0.2) is 24.3 Å². The molecule has 0 spiro atoms. The number of carbonyl (C=O) groups is 1. The maximum Gasteiger partial charge on any atom is 0.238 e. The van der Waals surface area contributed by atoms with E-state index in [0.29, 0.717) is 29.6 Å². The lowest BCUT2D eigenvalue weighted by molar-refractivity contribution is -0.117. The number of likely N-dealkylation sites (tertiary alicyclic amines) is 1. The van der Waals surface area contributed by atoms with Crippen molar-refractivity contribution in [3.8, 4) is 6.07 Å². The number of nitrogens with zero attached hydrogens (tertiary/aromatic N) is 2. The standard InChI is InChI=1S/C15H19N3O/c1-11-8-18(9-12(11)2)10-15(19)17-14-5-3-4-13(6-14)7-16/h3-6,11-12H,8-10H2,1-2H3,(H,17,19). The molecular formula is C15H19N3O. The van der Waals surface area contributed by atoms with E-state index in [1.54, 1.807) is 24.3 Å². The van der Waals surface area contributed by atoms with Gasteiger partial charge >= 0.3 is 0 Å². The minimum Gasteiger partial charge on any atom is -0.325 e. The zero-order chi connectivity index (χ0) is 13.8. The first-order valence-electron chi connectivity index (χ1n) is 6.61. The summed E-state index contributed by atoms with van der Waals surface area (Å²) in [6, 6.07) is 9.04. The minimum atomic E-state index is -0.0172. The lowest BCUT2D eigenvalue weighted by Crippen LogP contribution is -2.31. The summed E-state index contributed by atoms with van der Waals surface area (Å²) in [5.41, 5.74) is 1.24. The van der Waals surface area contributed by atoms with E-state index in [-0.39, 0.29) is 5.91 Å². The Hall–Kier alpha value is -1.86. The monoisotopic (exact) mass is 257 g/mol. The third kappa shape index (κ3) is 3.55. The van der Waals surface area contributed by atoms with Gasteiger partial charge in [0.05, 0.1) is 18.2 Å². The van der Waals surface area contributed by atoms with Crippen molar-refractivity contribution in [3.63, 3.8) is 0 Å². The van der Waals surface area contributed by atoms with Gasteiger partial charge in [0.15, 0.2) is 0 Å². The molecule has 1 aliphatic heterocycles. The molecular weight excluding hydrogens is 238 g/mol. The molecule has 1 heterocycles. The van der Waals surface area contributed by atoms with Crippen LogP contribution in [0, 0.1) is 23.2 Å². The molecule has 2 atom stereocenters. The van der Waals surface area contributed by atoms with Crippen molar-refractivity contribution in [2.45, 2.75) is 13.8 Å².